The maximum atomic E-state index is 12.8. The van der Waals surface area contributed by atoms with E-state index in [0.717, 1.165) is 41.8 Å². The molecule has 1 aliphatic heterocycles. The largest absolute Gasteiger partial charge is 0.341 e. The Morgan fingerprint density at radius 1 is 1.12 bits per heavy atom. The first-order valence-corrected chi connectivity index (χ1v) is 9.15. The van der Waals surface area contributed by atoms with Crippen LogP contribution in [-0.2, 0) is 9.59 Å². The quantitative estimate of drug-likeness (QED) is 0.727. The number of amides is 2. The van der Waals surface area contributed by atoms with Crippen LogP contribution < -0.4 is 10.2 Å². The number of anilines is 1. The summed E-state index contributed by atoms with van der Waals surface area (Å²) in [7, 11) is 0. The van der Waals surface area contributed by atoms with Gasteiger partial charge in [-0.15, -0.1) is 0 Å². The number of aryl methyl sites for hydroxylation is 2. The van der Waals surface area contributed by atoms with Gasteiger partial charge in [-0.05, 0) is 25.8 Å². The van der Waals surface area contributed by atoms with Crippen molar-refractivity contribution in [2.75, 3.05) is 11.4 Å². The number of hydrogen-bond donors (Lipinski definition) is 1. The van der Waals surface area contributed by atoms with Gasteiger partial charge in [0.05, 0.1) is 5.69 Å². The van der Waals surface area contributed by atoms with Crippen LogP contribution in [0.2, 0.25) is 0 Å². The highest BCUT2D eigenvalue weighted by Crippen LogP contribution is 2.39. The van der Waals surface area contributed by atoms with Crippen molar-refractivity contribution in [3.8, 4) is 0 Å². The molecule has 2 rings (SSSR count). The third kappa shape index (κ3) is 4.16. The number of carbonyl (C=O) groups is 2. The first-order chi connectivity index (χ1) is 11.5. The lowest BCUT2D eigenvalue weighted by Gasteiger charge is -2.19. The first kappa shape index (κ1) is 18.5. The molecule has 4 nitrogen and oxygen atoms in total. The van der Waals surface area contributed by atoms with Crippen molar-refractivity contribution in [3.63, 3.8) is 0 Å². The van der Waals surface area contributed by atoms with Gasteiger partial charge in [-0.3, -0.25) is 9.59 Å². The lowest BCUT2D eigenvalue weighted by Crippen LogP contribution is -2.37. The van der Waals surface area contributed by atoms with E-state index in [9.17, 15) is 9.59 Å². The maximum Gasteiger partial charge on any atom is 0.254 e. The Bertz CT molecular complexity index is 610. The van der Waals surface area contributed by atoms with Gasteiger partial charge in [0, 0.05) is 19.0 Å². The Balaban J connectivity index is 2.12. The molecule has 0 aromatic heterocycles. The predicted octanol–water partition coefficient (Wildman–Crippen LogP) is 4.19. The van der Waals surface area contributed by atoms with Crippen molar-refractivity contribution in [1.29, 1.82) is 0 Å². The maximum absolute atomic E-state index is 12.8. The number of rotatable bonds is 8. The van der Waals surface area contributed by atoms with Gasteiger partial charge in [0.1, 0.15) is 6.04 Å². The molecule has 1 heterocycles. The second kappa shape index (κ2) is 8.32. The van der Waals surface area contributed by atoms with Crippen LogP contribution >= 0.6 is 0 Å². The monoisotopic (exact) mass is 330 g/mol. The van der Waals surface area contributed by atoms with Crippen molar-refractivity contribution in [2.24, 2.45) is 0 Å². The number of hydrogen-bond acceptors (Lipinski definition) is 2. The smallest absolute Gasteiger partial charge is 0.254 e. The van der Waals surface area contributed by atoms with Gasteiger partial charge in [0.25, 0.3) is 5.91 Å². The van der Waals surface area contributed by atoms with Gasteiger partial charge in [0.2, 0.25) is 5.91 Å². The highest BCUT2D eigenvalue weighted by atomic mass is 16.2. The van der Waals surface area contributed by atoms with Crippen LogP contribution in [0.15, 0.2) is 12.1 Å². The van der Waals surface area contributed by atoms with E-state index in [1.165, 1.54) is 32.6 Å². The fraction of sp³-hybridized carbons (Fsp3) is 0.600. The lowest BCUT2D eigenvalue weighted by atomic mass is 10.0. The minimum Gasteiger partial charge on any atom is -0.341 e. The van der Waals surface area contributed by atoms with Crippen LogP contribution in [0.5, 0.6) is 0 Å². The van der Waals surface area contributed by atoms with Crippen LogP contribution in [0.4, 0.5) is 5.69 Å². The number of nitrogens with one attached hydrogen (secondary N) is 1. The normalized spacial score (nSPS) is 16.4. The first-order valence-electron chi connectivity index (χ1n) is 9.15. The molecule has 24 heavy (non-hydrogen) atoms. The van der Waals surface area contributed by atoms with E-state index in [1.807, 2.05) is 24.8 Å². The van der Waals surface area contributed by atoms with Crippen LogP contribution in [0.3, 0.4) is 0 Å². The molecule has 1 unspecified atom stereocenters. The minimum atomic E-state index is -0.531. The van der Waals surface area contributed by atoms with E-state index < -0.39 is 6.04 Å². The fourth-order valence-electron chi connectivity index (χ4n) is 3.60. The number of carbonyl (C=O) groups excluding carboxylic acids is 2. The van der Waals surface area contributed by atoms with Crippen LogP contribution in [0.1, 0.15) is 75.1 Å². The van der Waals surface area contributed by atoms with Gasteiger partial charge < -0.3 is 10.2 Å². The molecule has 0 bridgehead atoms. The molecule has 2 amide bonds. The molecular weight excluding hydrogens is 300 g/mol. The van der Waals surface area contributed by atoms with E-state index in [0.29, 0.717) is 0 Å². The zero-order chi connectivity index (χ0) is 17.7. The molecule has 1 aromatic carbocycles. The lowest BCUT2D eigenvalue weighted by molar-refractivity contribution is -0.126. The summed E-state index contributed by atoms with van der Waals surface area (Å²) in [6, 6.07) is 3.61. The third-order valence-corrected chi connectivity index (χ3v) is 4.65. The Kier molecular flexibility index (Phi) is 6.41. The number of fused-ring (bicyclic) bond motifs is 1. The fourth-order valence-corrected chi connectivity index (χ4v) is 3.60. The third-order valence-electron chi connectivity index (χ3n) is 4.65. The number of unbranched alkanes of at least 4 members (excludes halogenated alkanes) is 5. The Morgan fingerprint density at radius 3 is 2.46 bits per heavy atom. The van der Waals surface area contributed by atoms with Gasteiger partial charge >= 0.3 is 0 Å². The summed E-state index contributed by atoms with van der Waals surface area (Å²) in [5, 5.41) is 2.82. The molecule has 0 aliphatic carbocycles. The summed E-state index contributed by atoms with van der Waals surface area (Å²) in [6.45, 7) is 8.49. The Morgan fingerprint density at radius 2 is 1.79 bits per heavy atom. The minimum absolute atomic E-state index is 0.00228. The van der Waals surface area contributed by atoms with Crippen molar-refractivity contribution in [3.05, 3.63) is 28.8 Å². The van der Waals surface area contributed by atoms with E-state index in [4.69, 9.17) is 0 Å². The molecule has 1 aliphatic rings. The average Bonchev–Trinajstić information content (AvgIpc) is 2.76. The number of nitrogens with zero attached hydrogens (tertiary/aromatic N) is 1. The molecule has 0 saturated heterocycles. The molecule has 4 heteroatoms. The van der Waals surface area contributed by atoms with Crippen LogP contribution in [-0.4, -0.2) is 18.4 Å². The highest BCUT2D eigenvalue weighted by molar-refractivity contribution is 6.06. The molecule has 1 aromatic rings. The van der Waals surface area contributed by atoms with Crippen molar-refractivity contribution < 1.29 is 9.59 Å². The average molecular weight is 330 g/mol. The summed E-state index contributed by atoms with van der Waals surface area (Å²) in [5.74, 6) is -0.165. The van der Waals surface area contributed by atoms with Gasteiger partial charge in [0.15, 0.2) is 0 Å². The van der Waals surface area contributed by atoms with Gasteiger partial charge in [-0.25, -0.2) is 0 Å². The summed E-state index contributed by atoms with van der Waals surface area (Å²) in [6.07, 6.45) is 7.19. The standard InChI is InChI=1S/C20H30N2O2/c1-5-6-7-8-9-10-11-22-19-15(3)12-14(2)13-17(19)18(20(22)24)21-16(4)23/h12-13,18H,5-11H2,1-4H3,(H,21,23). The molecule has 0 spiro atoms. The summed E-state index contributed by atoms with van der Waals surface area (Å²) in [4.78, 5) is 26.2. The zero-order valence-electron chi connectivity index (χ0n) is 15.4. The molecule has 1 N–H and O–H groups in total. The molecule has 0 fully saturated rings. The number of benzene rings is 1. The molecule has 0 saturated carbocycles. The molecular formula is C20H30N2O2. The molecule has 0 radical (unpaired) electrons. The zero-order valence-corrected chi connectivity index (χ0v) is 15.4. The van der Waals surface area contributed by atoms with Crippen LogP contribution in [0.25, 0.3) is 0 Å². The topological polar surface area (TPSA) is 49.4 Å². The Hall–Kier alpha value is -1.84. The summed E-state index contributed by atoms with van der Waals surface area (Å²) < 4.78 is 0. The second-order valence-electron chi connectivity index (χ2n) is 6.91. The van der Waals surface area contributed by atoms with Gasteiger partial charge in [-0.2, -0.15) is 0 Å². The van der Waals surface area contributed by atoms with Crippen molar-refractivity contribution >= 4 is 17.5 Å². The SMILES string of the molecule is CCCCCCCCN1C(=O)C(NC(C)=O)c2cc(C)cc(C)c21. The molecule has 1 atom stereocenters. The van der Waals surface area contributed by atoms with E-state index >= 15 is 0 Å². The van der Waals surface area contributed by atoms with Crippen molar-refractivity contribution in [1.82, 2.24) is 5.32 Å². The summed E-state index contributed by atoms with van der Waals surface area (Å²) in [5.41, 5.74) is 4.17. The van der Waals surface area contributed by atoms with Crippen LogP contribution in [0, 0.1) is 13.8 Å². The van der Waals surface area contributed by atoms with E-state index in [2.05, 4.69) is 18.3 Å². The van der Waals surface area contributed by atoms with Gasteiger partial charge in [-0.1, -0.05) is 56.7 Å². The Labute approximate surface area is 145 Å². The van der Waals surface area contributed by atoms with Crippen molar-refractivity contribution in [2.45, 2.75) is 72.3 Å². The van der Waals surface area contributed by atoms with E-state index in [1.54, 1.807) is 0 Å². The summed E-state index contributed by atoms with van der Waals surface area (Å²) >= 11 is 0. The second-order valence-corrected chi connectivity index (χ2v) is 6.91. The predicted molar refractivity (Wildman–Crippen MR) is 98.2 cm³/mol. The molecule has 132 valence electrons. The van der Waals surface area contributed by atoms with E-state index in [-0.39, 0.29) is 11.8 Å². The highest BCUT2D eigenvalue weighted by Gasteiger charge is 2.38.